The average molecular weight is 1190 g/mol. The quantitative estimate of drug-likeness (QED) is 0.0211. The monoisotopic (exact) mass is 1180 g/mol. The normalized spacial score (nSPS) is 13.5. The summed E-state index contributed by atoms with van der Waals surface area (Å²) in [7, 11) is 5.97. The zero-order chi connectivity index (χ0) is 61.9. The molecule has 2 atom stereocenters. The molecular formula is C76H130NO8+. The molecule has 0 saturated carbocycles. The van der Waals surface area contributed by atoms with Gasteiger partial charge in [-0.2, -0.15) is 0 Å². The fourth-order valence-corrected chi connectivity index (χ4v) is 9.41. The Morgan fingerprint density at radius 1 is 0.365 bits per heavy atom. The molecule has 0 aromatic rings. The highest BCUT2D eigenvalue weighted by Gasteiger charge is 2.25. The lowest BCUT2D eigenvalue weighted by Gasteiger charge is -2.25. The van der Waals surface area contributed by atoms with Crippen LogP contribution in [0, 0.1) is 0 Å². The van der Waals surface area contributed by atoms with Crippen LogP contribution in [0.1, 0.15) is 284 Å². The van der Waals surface area contributed by atoms with Gasteiger partial charge in [0.15, 0.2) is 6.10 Å². The predicted octanol–water partition coefficient (Wildman–Crippen LogP) is 21.6. The number of ether oxygens (including phenoxy) is 4. The lowest BCUT2D eigenvalue weighted by molar-refractivity contribution is -0.870. The lowest BCUT2D eigenvalue weighted by Crippen LogP contribution is -2.40. The summed E-state index contributed by atoms with van der Waals surface area (Å²) in [6.07, 6.45) is 90.1. The number of carboxylic acid groups (broad SMARTS) is 1. The van der Waals surface area contributed by atoms with Crippen LogP contribution in [-0.4, -0.2) is 87.4 Å². The van der Waals surface area contributed by atoms with Crippen molar-refractivity contribution in [1.82, 2.24) is 0 Å². The van der Waals surface area contributed by atoms with E-state index in [1.54, 1.807) is 0 Å². The Labute approximate surface area is 523 Å². The summed E-state index contributed by atoms with van der Waals surface area (Å²) in [5.74, 6) is -2.01. The fraction of sp³-hybridized carbons (Fsp3) is 0.697. The number of allylic oxidation sites excluding steroid dienone is 20. The smallest absolute Gasteiger partial charge is 0.361 e. The number of hydrogen-bond donors (Lipinski definition) is 1. The van der Waals surface area contributed by atoms with Crippen LogP contribution in [0.5, 0.6) is 0 Å². The maximum atomic E-state index is 12.9. The number of unbranched alkanes of at least 4 members (excludes halogenated alkanes) is 28. The second kappa shape index (κ2) is 65.7. The number of carboxylic acids is 1. The van der Waals surface area contributed by atoms with Crippen LogP contribution in [0.4, 0.5) is 0 Å². The van der Waals surface area contributed by atoms with Gasteiger partial charge in [0.2, 0.25) is 0 Å². The molecule has 85 heavy (non-hydrogen) atoms. The van der Waals surface area contributed by atoms with Gasteiger partial charge in [0.25, 0.3) is 6.29 Å². The van der Waals surface area contributed by atoms with E-state index in [4.69, 9.17) is 18.9 Å². The van der Waals surface area contributed by atoms with Gasteiger partial charge < -0.3 is 28.5 Å². The summed E-state index contributed by atoms with van der Waals surface area (Å²) < 4.78 is 23.0. The van der Waals surface area contributed by atoms with Crippen molar-refractivity contribution in [3.63, 3.8) is 0 Å². The summed E-state index contributed by atoms with van der Waals surface area (Å²) in [6.45, 7) is 4.76. The molecule has 0 aromatic heterocycles. The van der Waals surface area contributed by atoms with Crippen LogP contribution in [0.2, 0.25) is 0 Å². The molecule has 0 heterocycles. The summed E-state index contributed by atoms with van der Waals surface area (Å²) in [6, 6.07) is 0. The number of rotatable bonds is 63. The third-order valence-electron chi connectivity index (χ3n) is 14.7. The summed E-state index contributed by atoms with van der Waals surface area (Å²) >= 11 is 0. The molecule has 0 aliphatic rings. The zero-order valence-electron chi connectivity index (χ0n) is 55.5. The fourth-order valence-electron chi connectivity index (χ4n) is 9.41. The second-order valence-electron chi connectivity index (χ2n) is 24.1. The molecule has 1 N–H and O–H groups in total. The minimum absolute atomic E-state index is 0.182. The number of quaternary nitrogens is 1. The summed E-state index contributed by atoms with van der Waals surface area (Å²) in [5.41, 5.74) is 0. The topological polar surface area (TPSA) is 108 Å². The van der Waals surface area contributed by atoms with E-state index in [1.165, 1.54) is 148 Å². The Hall–Kier alpha value is -4.31. The number of esters is 2. The van der Waals surface area contributed by atoms with E-state index < -0.39 is 24.3 Å². The highest BCUT2D eigenvalue weighted by molar-refractivity contribution is 5.71. The van der Waals surface area contributed by atoms with Gasteiger partial charge in [-0.05, 0) is 109 Å². The Bertz CT molecular complexity index is 1810. The van der Waals surface area contributed by atoms with Crippen molar-refractivity contribution in [1.29, 1.82) is 0 Å². The van der Waals surface area contributed by atoms with Crippen molar-refractivity contribution in [2.75, 3.05) is 47.5 Å². The second-order valence-corrected chi connectivity index (χ2v) is 24.1. The van der Waals surface area contributed by atoms with Gasteiger partial charge in [0, 0.05) is 12.8 Å². The van der Waals surface area contributed by atoms with Crippen LogP contribution < -0.4 is 0 Å². The maximum Gasteiger partial charge on any atom is 0.361 e. The minimum Gasteiger partial charge on any atom is -0.477 e. The van der Waals surface area contributed by atoms with Crippen LogP contribution in [0.25, 0.3) is 0 Å². The van der Waals surface area contributed by atoms with E-state index in [-0.39, 0.29) is 32.2 Å². The first kappa shape index (κ1) is 80.7. The number of carbonyl (C=O) groups excluding carboxylic acids is 2. The van der Waals surface area contributed by atoms with Crippen molar-refractivity contribution < 1.29 is 42.9 Å². The van der Waals surface area contributed by atoms with E-state index in [0.717, 1.165) is 103 Å². The van der Waals surface area contributed by atoms with E-state index in [1.807, 2.05) is 21.1 Å². The van der Waals surface area contributed by atoms with Gasteiger partial charge in [0.05, 0.1) is 34.4 Å². The SMILES string of the molecule is CC/C=C\C/C=C\C/C=C\C/C=C\C/C=C\C/C=C\C/C=C\C/C=C\CCCCCCCCCCCCC(=O)OC(COC(=O)CCCCCCCCCCCCCCC/C=C\C/C=C\CCCCCCC)COC(OCC[N+](C)(C)C)C(=O)O. The van der Waals surface area contributed by atoms with Crippen molar-refractivity contribution in [2.45, 2.75) is 296 Å². The summed E-state index contributed by atoms with van der Waals surface area (Å²) in [4.78, 5) is 37.6. The average Bonchev–Trinajstić information content (AvgIpc) is 3.48. The van der Waals surface area contributed by atoms with Crippen molar-refractivity contribution in [2.24, 2.45) is 0 Å². The minimum atomic E-state index is -1.52. The molecule has 0 aliphatic heterocycles. The Morgan fingerprint density at radius 2 is 0.671 bits per heavy atom. The van der Waals surface area contributed by atoms with E-state index in [2.05, 4.69) is 135 Å². The van der Waals surface area contributed by atoms with Gasteiger partial charge in [-0.25, -0.2) is 4.79 Å². The largest absolute Gasteiger partial charge is 0.477 e. The van der Waals surface area contributed by atoms with E-state index in [0.29, 0.717) is 23.9 Å². The molecule has 0 amide bonds. The number of nitrogens with zero attached hydrogens (tertiary/aromatic N) is 1. The van der Waals surface area contributed by atoms with E-state index in [9.17, 15) is 19.5 Å². The number of hydrogen-bond acceptors (Lipinski definition) is 7. The Balaban J connectivity index is 4.17. The standard InChI is InChI=1S/C76H129NO8/c1-6-8-10-12-14-16-18-20-22-24-26-28-30-32-33-34-35-36-37-38-39-40-41-43-45-47-49-51-53-55-57-59-61-63-65-67-74(79)85-72(71-84-76(75(80)81)82-69-68-77(3,4)5)70-83-73(78)66-64-62-60-58-56-54-52-50-48-46-44-42-31-29-27-25-23-21-19-17-15-13-11-9-7-2/h8,10,14,16,19-22,25-28,32-33,35-36,38-39,41,43,72,76H,6-7,9,11-13,15,17-18,23-24,29-31,34,37,40,42,44-71H2,1-5H3/p+1/b10-8-,16-14-,21-19-,22-20-,27-25-,28-26-,33-32-,36-35-,39-38-,43-41-. The highest BCUT2D eigenvalue weighted by Crippen LogP contribution is 2.16. The van der Waals surface area contributed by atoms with Crippen molar-refractivity contribution >= 4 is 17.9 Å². The van der Waals surface area contributed by atoms with Crippen molar-refractivity contribution in [3.8, 4) is 0 Å². The van der Waals surface area contributed by atoms with Crippen LogP contribution in [0.15, 0.2) is 122 Å². The Kier molecular flexibility index (Phi) is 62.3. The molecular weight excluding hydrogens is 1050 g/mol. The number of carbonyl (C=O) groups is 3. The highest BCUT2D eigenvalue weighted by atomic mass is 16.7. The van der Waals surface area contributed by atoms with Gasteiger partial charge in [0.1, 0.15) is 13.2 Å². The number of aliphatic carboxylic acids is 1. The molecule has 486 valence electrons. The predicted molar refractivity (Wildman–Crippen MR) is 364 cm³/mol. The third kappa shape index (κ3) is 67.1. The van der Waals surface area contributed by atoms with Gasteiger partial charge >= 0.3 is 17.9 Å². The molecule has 9 heteroatoms. The molecule has 0 spiro atoms. The molecule has 2 unspecified atom stereocenters. The molecule has 0 saturated heterocycles. The van der Waals surface area contributed by atoms with E-state index >= 15 is 0 Å². The molecule has 0 radical (unpaired) electrons. The van der Waals surface area contributed by atoms with Gasteiger partial charge in [-0.3, -0.25) is 9.59 Å². The molecule has 0 aliphatic carbocycles. The first-order valence-corrected chi connectivity index (χ1v) is 34.7. The van der Waals surface area contributed by atoms with Crippen LogP contribution >= 0.6 is 0 Å². The lowest BCUT2D eigenvalue weighted by atomic mass is 10.0. The first-order valence-electron chi connectivity index (χ1n) is 34.7. The van der Waals surface area contributed by atoms with Crippen LogP contribution in [-0.2, 0) is 33.3 Å². The maximum absolute atomic E-state index is 12.9. The number of likely N-dealkylation sites (N-methyl/N-ethyl adjacent to an activating group) is 1. The molecule has 0 fully saturated rings. The Morgan fingerprint density at radius 3 is 1.00 bits per heavy atom. The molecule has 0 aromatic carbocycles. The molecule has 0 rings (SSSR count). The van der Waals surface area contributed by atoms with Crippen LogP contribution in [0.3, 0.4) is 0 Å². The molecule has 9 nitrogen and oxygen atoms in total. The summed E-state index contributed by atoms with van der Waals surface area (Å²) in [5, 5.41) is 9.75. The van der Waals surface area contributed by atoms with Crippen molar-refractivity contribution in [3.05, 3.63) is 122 Å². The van der Waals surface area contributed by atoms with Gasteiger partial charge in [-0.1, -0.05) is 283 Å². The third-order valence-corrected chi connectivity index (χ3v) is 14.7. The zero-order valence-corrected chi connectivity index (χ0v) is 55.5. The molecule has 0 bridgehead atoms. The first-order chi connectivity index (χ1) is 41.6. The van der Waals surface area contributed by atoms with Gasteiger partial charge in [-0.15, -0.1) is 0 Å².